The van der Waals surface area contributed by atoms with Crippen molar-refractivity contribution < 1.29 is 9.90 Å². The van der Waals surface area contributed by atoms with Crippen LogP contribution in [0.25, 0.3) is 0 Å². The van der Waals surface area contributed by atoms with Gasteiger partial charge in [-0.15, -0.1) is 0 Å². The molecule has 0 aliphatic heterocycles. The first-order valence-corrected chi connectivity index (χ1v) is 7.80. The SMILES string of the molecule is CCCCCCCCCCCC(C)(CC)C(=O)O. The molecule has 0 bridgehead atoms. The van der Waals surface area contributed by atoms with Crippen LogP contribution in [0.15, 0.2) is 0 Å². The molecule has 0 fully saturated rings. The molecule has 0 amide bonds. The van der Waals surface area contributed by atoms with E-state index >= 15 is 0 Å². The fourth-order valence-electron chi connectivity index (χ4n) is 2.26. The lowest BCUT2D eigenvalue weighted by Crippen LogP contribution is -2.26. The molecule has 1 atom stereocenters. The van der Waals surface area contributed by atoms with E-state index in [0.717, 1.165) is 19.3 Å². The van der Waals surface area contributed by atoms with Crippen LogP contribution in [0.2, 0.25) is 0 Å². The lowest BCUT2D eigenvalue weighted by atomic mass is 9.82. The van der Waals surface area contributed by atoms with E-state index in [0.29, 0.717) is 0 Å². The van der Waals surface area contributed by atoms with Crippen LogP contribution < -0.4 is 0 Å². The molecule has 1 unspecified atom stereocenters. The fraction of sp³-hybridized carbons (Fsp3) is 0.938. The molecule has 0 aliphatic carbocycles. The summed E-state index contributed by atoms with van der Waals surface area (Å²) in [7, 11) is 0. The van der Waals surface area contributed by atoms with Crippen molar-refractivity contribution in [3.63, 3.8) is 0 Å². The van der Waals surface area contributed by atoms with Crippen LogP contribution in [0, 0.1) is 5.41 Å². The number of hydrogen-bond acceptors (Lipinski definition) is 1. The third-order valence-electron chi connectivity index (χ3n) is 4.13. The van der Waals surface area contributed by atoms with Crippen LogP contribution in [0.5, 0.6) is 0 Å². The van der Waals surface area contributed by atoms with Gasteiger partial charge in [-0.2, -0.15) is 0 Å². The summed E-state index contributed by atoms with van der Waals surface area (Å²) >= 11 is 0. The van der Waals surface area contributed by atoms with Gasteiger partial charge in [-0.05, 0) is 19.8 Å². The van der Waals surface area contributed by atoms with Crippen molar-refractivity contribution in [2.45, 2.75) is 91.4 Å². The highest BCUT2D eigenvalue weighted by molar-refractivity contribution is 5.73. The van der Waals surface area contributed by atoms with Crippen LogP contribution >= 0.6 is 0 Å². The number of unbranched alkanes of at least 4 members (excludes halogenated alkanes) is 8. The smallest absolute Gasteiger partial charge is 0.309 e. The summed E-state index contributed by atoms with van der Waals surface area (Å²) in [5, 5.41) is 9.16. The second kappa shape index (κ2) is 10.4. The van der Waals surface area contributed by atoms with Crippen molar-refractivity contribution in [1.82, 2.24) is 0 Å². The summed E-state index contributed by atoms with van der Waals surface area (Å²) in [6, 6.07) is 0. The van der Waals surface area contributed by atoms with Crippen molar-refractivity contribution in [3.8, 4) is 0 Å². The maximum Gasteiger partial charge on any atom is 0.309 e. The van der Waals surface area contributed by atoms with E-state index < -0.39 is 11.4 Å². The Labute approximate surface area is 113 Å². The third kappa shape index (κ3) is 7.73. The highest BCUT2D eigenvalue weighted by Gasteiger charge is 2.29. The number of carboxylic acids is 1. The monoisotopic (exact) mass is 256 g/mol. The van der Waals surface area contributed by atoms with Gasteiger partial charge in [0.25, 0.3) is 0 Å². The predicted molar refractivity (Wildman–Crippen MR) is 77.9 cm³/mol. The Morgan fingerprint density at radius 2 is 1.33 bits per heavy atom. The summed E-state index contributed by atoms with van der Waals surface area (Å²) in [6.45, 7) is 6.09. The van der Waals surface area contributed by atoms with Gasteiger partial charge in [0.15, 0.2) is 0 Å². The molecule has 108 valence electrons. The van der Waals surface area contributed by atoms with Crippen molar-refractivity contribution in [1.29, 1.82) is 0 Å². The molecule has 0 spiro atoms. The van der Waals surface area contributed by atoms with Gasteiger partial charge in [-0.25, -0.2) is 0 Å². The summed E-state index contributed by atoms with van der Waals surface area (Å²) in [5.41, 5.74) is -0.499. The topological polar surface area (TPSA) is 37.3 Å². The summed E-state index contributed by atoms with van der Waals surface area (Å²) in [5.74, 6) is -0.635. The maximum atomic E-state index is 11.1. The van der Waals surface area contributed by atoms with E-state index in [1.165, 1.54) is 51.4 Å². The normalized spacial score (nSPS) is 14.4. The average molecular weight is 256 g/mol. The van der Waals surface area contributed by atoms with Crippen LogP contribution in [-0.4, -0.2) is 11.1 Å². The van der Waals surface area contributed by atoms with Crippen LogP contribution in [0.3, 0.4) is 0 Å². The van der Waals surface area contributed by atoms with Crippen LogP contribution in [0.4, 0.5) is 0 Å². The Balaban J connectivity index is 3.42. The number of carboxylic acid groups (broad SMARTS) is 1. The minimum absolute atomic E-state index is 0.499. The molecular weight excluding hydrogens is 224 g/mol. The molecule has 0 aromatic rings. The molecule has 2 heteroatoms. The van der Waals surface area contributed by atoms with Crippen molar-refractivity contribution in [2.75, 3.05) is 0 Å². The fourth-order valence-corrected chi connectivity index (χ4v) is 2.26. The molecular formula is C16H32O2. The van der Waals surface area contributed by atoms with E-state index in [1.807, 2.05) is 13.8 Å². The maximum absolute atomic E-state index is 11.1. The molecule has 0 saturated carbocycles. The third-order valence-corrected chi connectivity index (χ3v) is 4.13. The van der Waals surface area contributed by atoms with Gasteiger partial charge in [0, 0.05) is 0 Å². The van der Waals surface area contributed by atoms with Gasteiger partial charge < -0.3 is 5.11 Å². The van der Waals surface area contributed by atoms with Gasteiger partial charge in [-0.3, -0.25) is 4.79 Å². The first-order chi connectivity index (χ1) is 8.56. The molecule has 2 nitrogen and oxygen atoms in total. The molecule has 0 aromatic carbocycles. The zero-order valence-electron chi connectivity index (χ0n) is 12.6. The van der Waals surface area contributed by atoms with Gasteiger partial charge in [-0.1, -0.05) is 71.6 Å². The minimum atomic E-state index is -0.635. The van der Waals surface area contributed by atoms with E-state index in [4.69, 9.17) is 5.11 Å². The van der Waals surface area contributed by atoms with Crippen molar-refractivity contribution >= 4 is 5.97 Å². The number of carbonyl (C=O) groups is 1. The molecule has 1 N–H and O–H groups in total. The molecule has 0 radical (unpaired) electrons. The van der Waals surface area contributed by atoms with Crippen LogP contribution in [-0.2, 0) is 4.79 Å². The Kier molecular flexibility index (Phi) is 10.1. The zero-order chi connectivity index (χ0) is 13.9. The highest BCUT2D eigenvalue weighted by atomic mass is 16.4. The second-order valence-electron chi connectivity index (χ2n) is 5.80. The molecule has 0 aliphatic rings. The Hall–Kier alpha value is -0.530. The molecule has 0 heterocycles. The second-order valence-corrected chi connectivity index (χ2v) is 5.80. The summed E-state index contributed by atoms with van der Waals surface area (Å²) < 4.78 is 0. The van der Waals surface area contributed by atoms with Crippen molar-refractivity contribution in [2.24, 2.45) is 5.41 Å². The van der Waals surface area contributed by atoms with Gasteiger partial charge >= 0.3 is 5.97 Å². The standard InChI is InChI=1S/C16H32O2/c1-4-6-7-8-9-10-11-12-13-14-16(3,5-2)15(17)18/h4-14H2,1-3H3,(H,17,18). The molecule has 0 rings (SSSR count). The first-order valence-electron chi connectivity index (χ1n) is 7.80. The highest BCUT2D eigenvalue weighted by Crippen LogP contribution is 2.28. The first kappa shape index (κ1) is 17.5. The minimum Gasteiger partial charge on any atom is -0.481 e. The molecule has 0 aromatic heterocycles. The van der Waals surface area contributed by atoms with E-state index in [-0.39, 0.29) is 0 Å². The number of aliphatic carboxylic acids is 1. The van der Waals surface area contributed by atoms with Gasteiger partial charge in [0.05, 0.1) is 5.41 Å². The Morgan fingerprint density at radius 1 is 0.889 bits per heavy atom. The largest absolute Gasteiger partial charge is 0.481 e. The lowest BCUT2D eigenvalue weighted by molar-refractivity contribution is -0.148. The van der Waals surface area contributed by atoms with Crippen molar-refractivity contribution in [3.05, 3.63) is 0 Å². The number of hydrogen-bond donors (Lipinski definition) is 1. The number of rotatable bonds is 12. The van der Waals surface area contributed by atoms with Gasteiger partial charge in [0.1, 0.15) is 0 Å². The van der Waals surface area contributed by atoms with Crippen LogP contribution in [0.1, 0.15) is 91.4 Å². The average Bonchev–Trinajstić information content (AvgIpc) is 2.36. The van der Waals surface area contributed by atoms with E-state index in [1.54, 1.807) is 0 Å². The summed E-state index contributed by atoms with van der Waals surface area (Å²) in [6.07, 6.45) is 13.2. The molecule has 18 heavy (non-hydrogen) atoms. The molecule has 0 saturated heterocycles. The van der Waals surface area contributed by atoms with E-state index in [2.05, 4.69) is 6.92 Å². The van der Waals surface area contributed by atoms with Gasteiger partial charge in [0.2, 0.25) is 0 Å². The predicted octanol–water partition coefficient (Wildman–Crippen LogP) is 5.41. The Morgan fingerprint density at radius 3 is 1.72 bits per heavy atom. The Bertz CT molecular complexity index is 213. The summed E-state index contributed by atoms with van der Waals surface area (Å²) in [4.78, 5) is 11.1. The van der Waals surface area contributed by atoms with E-state index in [9.17, 15) is 4.79 Å². The lowest BCUT2D eigenvalue weighted by Gasteiger charge is -2.22. The zero-order valence-corrected chi connectivity index (χ0v) is 12.6. The quantitative estimate of drug-likeness (QED) is 0.474.